The van der Waals surface area contributed by atoms with Gasteiger partial charge in [0.05, 0.1) is 0 Å². The first-order valence-electron chi connectivity index (χ1n) is 8.26. The van der Waals surface area contributed by atoms with Gasteiger partial charge < -0.3 is 10.2 Å². The minimum absolute atomic E-state index is 0.340. The van der Waals surface area contributed by atoms with Crippen molar-refractivity contribution in [1.82, 2.24) is 0 Å². The fraction of sp³-hybridized carbons (Fsp3) is 0.421. The number of allylic oxidation sites excluding steroid dienone is 2. The first-order valence-corrected chi connectivity index (χ1v) is 10.2. The zero-order chi connectivity index (χ0) is 18.8. The summed E-state index contributed by atoms with van der Waals surface area (Å²) in [6, 6.07) is 7.69. The van der Waals surface area contributed by atoms with E-state index in [-0.39, 0.29) is 0 Å². The minimum atomic E-state index is -4.03. The third kappa shape index (κ3) is 3.55. The molecule has 2 atom stereocenters. The Morgan fingerprint density at radius 1 is 1.28 bits per heavy atom. The standard InChI is InChI=1S/C19H24O5S/c1-4-5-8-14-9-6-7-10-16(14)15-11-12-19(22,25(3,23)24)17(13(15)2)18(20)21/h6-7,9-12,17,22H,4-5,8H2,1-3H3,(H,20,21). The van der Waals surface area contributed by atoms with E-state index in [9.17, 15) is 23.4 Å². The Morgan fingerprint density at radius 2 is 1.92 bits per heavy atom. The van der Waals surface area contributed by atoms with Crippen LogP contribution in [0, 0.1) is 5.92 Å². The van der Waals surface area contributed by atoms with Gasteiger partial charge in [-0.1, -0.05) is 43.7 Å². The Labute approximate surface area is 148 Å². The van der Waals surface area contributed by atoms with Crippen LogP contribution in [-0.4, -0.2) is 35.8 Å². The molecule has 0 fully saturated rings. The lowest BCUT2D eigenvalue weighted by atomic mass is 9.81. The fourth-order valence-corrected chi connectivity index (χ4v) is 4.29. The van der Waals surface area contributed by atoms with Gasteiger partial charge in [0.2, 0.25) is 4.93 Å². The van der Waals surface area contributed by atoms with Gasteiger partial charge in [0.25, 0.3) is 0 Å². The van der Waals surface area contributed by atoms with Crippen molar-refractivity contribution in [3.05, 3.63) is 53.1 Å². The predicted molar refractivity (Wildman–Crippen MR) is 97.7 cm³/mol. The van der Waals surface area contributed by atoms with Crippen LogP contribution >= 0.6 is 0 Å². The average molecular weight is 364 g/mol. The van der Waals surface area contributed by atoms with Crippen molar-refractivity contribution in [3.63, 3.8) is 0 Å². The molecule has 0 spiro atoms. The molecule has 0 saturated carbocycles. The van der Waals surface area contributed by atoms with Crippen molar-refractivity contribution in [2.45, 2.75) is 38.0 Å². The van der Waals surface area contributed by atoms with Gasteiger partial charge in [0, 0.05) is 6.26 Å². The fourth-order valence-electron chi connectivity index (χ4n) is 3.27. The molecule has 0 amide bonds. The van der Waals surface area contributed by atoms with Gasteiger partial charge in [0.1, 0.15) is 5.92 Å². The van der Waals surface area contributed by atoms with Crippen molar-refractivity contribution >= 4 is 21.4 Å². The molecule has 5 nitrogen and oxygen atoms in total. The molecule has 6 heteroatoms. The number of rotatable bonds is 6. The normalized spacial score (nSPS) is 23.8. The quantitative estimate of drug-likeness (QED) is 0.810. The Bertz CT molecular complexity index is 835. The van der Waals surface area contributed by atoms with E-state index in [0.717, 1.165) is 42.7 Å². The monoisotopic (exact) mass is 364 g/mol. The maximum absolute atomic E-state index is 12.0. The van der Waals surface area contributed by atoms with Crippen LogP contribution in [0.3, 0.4) is 0 Å². The molecule has 1 aliphatic rings. The second kappa shape index (κ2) is 7.14. The van der Waals surface area contributed by atoms with E-state index in [1.165, 1.54) is 6.08 Å². The van der Waals surface area contributed by atoms with Crippen LogP contribution in [0.15, 0.2) is 42.0 Å². The van der Waals surface area contributed by atoms with E-state index >= 15 is 0 Å². The maximum Gasteiger partial charge on any atom is 0.315 e. The lowest BCUT2D eigenvalue weighted by molar-refractivity contribution is -0.144. The molecule has 0 aromatic heterocycles. The summed E-state index contributed by atoms with van der Waals surface area (Å²) in [5, 5.41) is 20.2. The molecule has 1 aromatic carbocycles. The van der Waals surface area contributed by atoms with Crippen LogP contribution < -0.4 is 0 Å². The van der Waals surface area contributed by atoms with Crippen LogP contribution in [0.25, 0.3) is 5.57 Å². The van der Waals surface area contributed by atoms with Crippen LogP contribution in [-0.2, 0) is 21.1 Å². The number of aryl methyl sites for hydroxylation is 1. The summed E-state index contributed by atoms with van der Waals surface area (Å²) < 4.78 is 24.1. The molecule has 0 radical (unpaired) electrons. The molecule has 2 unspecified atom stereocenters. The number of hydrogen-bond donors (Lipinski definition) is 2. The van der Waals surface area contributed by atoms with Gasteiger partial charge in [-0.25, -0.2) is 8.42 Å². The van der Waals surface area contributed by atoms with E-state index in [1.54, 1.807) is 6.92 Å². The second-order valence-corrected chi connectivity index (χ2v) is 8.68. The molecule has 1 aromatic rings. The molecule has 0 saturated heterocycles. The summed E-state index contributed by atoms with van der Waals surface area (Å²) in [6.07, 6.45) is 6.36. The molecule has 0 aliphatic heterocycles. The molecule has 0 heterocycles. The van der Waals surface area contributed by atoms with Gasteiger partial charge in [-0.2, -0.15) is 0 Å². The zero-order valence-corrected chi connectivity index (χ0v) is 15.5. The number of aliphatic hydroxyl groups is 1. The number of benzene rings is 1. The number of sulfone groups is 1. The summed E-state index contributed by atoms with van der Waals surface area (Å²) in [5.74, 6) is -2.90. The number of carboxylic acid groups (broad SMARTS) is 1. The Hall–Kier alpha value is -1.92. The lowest BCUT2D eigenvalue weighted by Crippen LogP contribution is -2.49. The third-order valence-corrected chi connectivity index (χ3v) is 6.27. The van der Waals surface area contributed by atoms with Gasteiger partial charge >= 0.3 is 5.97 Å². The summed E-state index contributed by atoms with van der Waals surface area (Å²) in [5.41, 5.74) is 2.96. The molecule has 136 valence electrons. The van der Waals surface area contributed by atoms with Crippen molar-refractivity contribution in [1.29, 1.82) is 0 Å². The molecule has 2 rings (SSSR count). The van der Waals surface area contributed by atoms with Gasteiger partial charge in [0.15, 0.2) is 9.84 Å². The maximum atomic E-state index is 12.0. The molecular weight excluding hydrogens is 340 g/mol. The van der Waals surface area contributed by atoms with E-state index in [2.05, 4.69) is 6.92 Å². The number of unbranched alkanes of at least 4 members (excludes halogenated alkanes) is 1. The number of carbonyl (C=O) groups is 1. The van der Waals surface area contributed by atoms with Crippen LogP contribution in [0.5, 0.6) is 0 Å². The molecule has 0 bridgehead atoms. The number of carboxylic acids is 1. The molecule has 1 aliphatic carbocycles. The summed E-state index contributed by atoms with van der Waals surface area (Å²) >= 11 is 0. The Morgan fingerprint density at radius 3 is 2.48 bits per heavy atom. The summed E-state index contributed by atoms with van der Waals surface area (Å²) in [7, 11) is -4.03. The van der Waals surface area contributed by atoms with Gasteiger partial charge in [-0.15, -0.1) is 0 Å². The predicted octanol–water partition coefficient (Wildman–Crippen LogP) is 2.81. The molecule has 2 N–H and O–H groups in total. The Balaban J connectivity index is 2.62. The summed E-state index contributed by atoms with van der Waals surface area (Å²) in [4.78, 5) is 9.33. The van der Waals surface area contributed by atoms with E-state index < -0.39 is 26.7 Å². The van der Waals surface area contributed by atoms with Gasteiger partial charge in [-0.05, 0) is 48.1 Å². The van der Waals surface area contributed by atoms with Crippen molar-refractivity contribution < 1.29 is 23.4 Å². The molecule has 25 heavy (non-hydrogen) atoms. The minimum Gasteiger partial charge on any atom is -0.481 e. The van der Waals surface area contributed by atoms with Crippen molar-refractivity contribution in [2.24, 2.45) is 5.92 Å². The smallest absolute Gasteiger partial charge is 0.315 e. The first kappa shape index (κ1) is 19.4. The van der Waals surface area contributed by atoms with Crippen LogP contribution in [0.1, 0.15) is 37.8 Å². The number of hydrogen-bond acceptors (Lipinski definition) is 4. The van der Waals surface area contributed by atoms with Crippen LogP contribution in [0.2, 0.25) is 0 Å². The van der Waals surface area contributed by atoms with E-state index in [0.29, 0.717) is 11.1 Å². The molecular formula is C19H24O5S. The lowest BCUT2D eigenvalue weighted by Gasteiger charge is -2.34. The highest BCUT2D eigenvalue weighted by molar-refractivity contribution is 7.92. The van der Waals surface area contributed by atoms with Crippen molar-refractivity contribution in [2.75, 3.05) is 6.26 Å². The largest absolute Gasteiger partial charge is 0.481 e. The van der Waals surface area contributed by atoms with E-state index in [4.69, 9.17) is 0 Å². The topological polar surface area (TPSA) is 91.7 Å². The zero-order valence-electron chi connectivity index (χ0n) is 14.7. The SMILES string of the molecule is CCCCc1ccccc1C1=C(C)C(C(=O)O)C(O)(S(C)(=O)=O)C=C1. The Kier molecular flexibility index (Phi) is 5.54. The highest BCUT2D eigenvalue weighted by Crippen LogP contribution is 2.41. The van der Waals surface area contributed by atoms with E-state index in [1.807, 2.05) is 24.3 Å². The third-order valence-electron chi connectivity index (χ3n) is 4.71. The van der Waals surface area contributed by atoms with Crippen LogP contribution in [0.4, 0.5) is 0 Å². The van der Waals surface area contributed by atoms with Gasteiger partial charge in [-0.3, -0.25) is 4.79 Å². The average Bonchev–Trinajstić information content (AvgIpc) is 2.52. The number of aliphatic carboxylic acids is 1. The second-order valence-electron chi connectivity index (χ2n) is 6.49. The summed E-state index contributed by atoms with van der Waals surface area (Å²) in [6.45, 7) is 3.67. The highest BCUT2D eigenvalue weighted by Gasteiger charge is 2.51. The highest BCUT2D eigenvalue weighted by atomic mass is 32.2. The van der Waals surface area contributed by atoms with Crippen molar-refractivity contribution in [3.8, 4) is 0 Å². The first-order chi connectivity index (χ1) is 11.6.